The minimum atomic E-state index is 1.04. The predicted octanol–water partition coefficient (Wildman–Crippen LogP) is 1.20. The topological polar surface area (TPSA) is 16.1 Å². The highest BCUT2D eigenvalue weighted by molar-refractivity contribution is 7.13. The van der Waals surface area contributed by atoms with Crippen LogP contribution in [0.15, 0.2) is 0 Å². The van der Waals surface area contributed by atoms with Crippen LogP contribution < -0.4 is 14.8 Å². The molecule has 0 aliphatic rings. The Hall–Kier alpha value is -0.830. The fourth-order valence-corrected chi connectivity index (χ4v) is 1.94. The number of thiazole rings is 1. The highest BCUT2D eigenvalue weighted by atomic mass is 32.1. The summed E-state index contributed by atoms with van der Waals surface area (Å²) in [5, 5.41) is 2.20. The highest BCUT2D eigenvalue weighted by Gasteiger charge is 1.99. The van der Waals surface area contributed by atoms with Gasteiger partial charge in [0.1, 0.15) is 0 Å². The van der Waals surface area contributed by atoms with E-state index in [4.69, 9.17) is 0 Å². The van der Waals surface area contributed by atoms with Crippen molar-refractivity contribution in [2.24, 2.45) is 0 Å². The molecule has 0 N–H and O–H groups in total. The first-order valence-corrected chi connectivity index (χ1v) is 5.31. The third-order valence-electron chi connectivity index (χ3n) is 1.71. The zero-order valence-electron chi connectivity index (χ0n) is 8.66. The van der Waals surface area contributed by atoms with Crippen LogP contribution in [0.2, 0.25) is 0 Å². The largest absolute Gasteiger partial charge is 0.354 e. The van der Waals surface area contributed by atoms with E-state index < -0.39 is 0 Å². The van der Waals surface area contributed by atoms with Crippen LogP contribution in [0.1, 0.15) is 20.3 Å². The van der Waals surface area contributed by atoms with Crippen molar-refractivity contribution in [2.75, 3.05) is 19.0 Å². The lowest BCUT2D eigenvalue weighted by atomic mass is 10.4. The Bertz CT molecular complexity index is 376. The first kappa shape index (κ1) is 10.3. The van der Waals surface area contributed by atoms with Crippen molar-refractivity contribution in [3.05, 3.63) is 9.88 Å². The fraction of sp³-hybridized carbons (Fsp3) is 0.500. The summed E-state index contributed by atoms with van der Waals surface area (Å²) in [4.78, 5) is 6.57. The molecule has 0 radical (unpaired) electrons. The number of hydrogen-bond acceptors (Lipinski definition) is 3. The normalized spacial score (nSPS) is 13.8. The minimum Gasteiger partial charge on any atom is -0.354 e. The Labute approximate surface area is 83.2 Å². The van der Waals surface area contributed by atoms with Crippen LogP contribution in [0, 0.1) is 0 Å². The van der Waals surface area contributed by atoms with Gasteiger partial charge in [0, 0.05) is 14.1 Å². The van der Waals surface area contributed by atoms with E-state index in [1.165, 1.54) is 4.53 Å². The summed E-state index contributed by atoms with van der Waals surface area (Å²) in [6.07, 6.45) is 5.32. The lowest BCUT2D eigenvalue weighted by Gasteiger charge is -2.04. The molecule has 0 saturated carbocycles. The zero-order valence-corrected chi connectivity index (χ0v) is 9.48. The van der Waals surface area contributed by atoms with E-state index >= 15 is 0 Å². The summed E-state index contributed by atoms with van der Waals surface area (Å²) in [7, 11) is 4.04. The van der Waals surface area contributed by atoms with Gasteiger partial charge < -0.3 is 4.90 Å². The molecule has 0 fully saturated rings. The van der Waals surface area contributed by atoms with Crippen LogP contribution in [0.4, 0.5) is 5.13 Å². The molecule has 1 rings (SSSR count). The van der Waals surface area contributed by atoms with Gasteiger partial charge in [-0.25, -0.2) is 4.98 Å². The Kier molecular flexibility index (Phi) is 3.48. The van der Waals surface area contributed by atoms with E-state index in [1.807, 2.05) is 19.0 Å². The second-order valence-electron chi connectivity index (χ2n) is 3.04. The van der Waals surface area contributed by atoms with Crippen molar-refractivity contribution in [2.45, 2.75) is 20.3 Å². The number of nitrogens with zero attached hydrogens (tertiary/aromatic N) is 2. The van der Waals surface area contributed by atoms with Crippen molar-refractivity contribution in [1.29, 1.82) is 0 Å². The number of aromatic nitrogens is 1. The molecule has 0 saturated heterocycles. The maximum atomic E-state index is 4.53. The number of rotatable bonds is 2. The van der Waals surface area contributed by atoms with Crippen molar-refractivity contribution in [1.82, 2.24) is 4.98 Å². The fourth-order valence-electron chi connectivity index (χ4n) is 1.07. The maximum Gasteiger partial charge on any atom is 0.185 e. The number of hydrogen-bond donors (Lipinski definition) is 0. The average Bonchev–Trinajstić information content (AvgIpc) is 2.48. The Balaban J connectivity index is 3.29. The SMILES string of the molecule is C/C=c1/sc(N(C)C)n/c1=C/CC. The van der Waals surface area contributed by atoms with E-state index in [0.29, 0.717) is 0 Å². The maximum absolute atomic E-state index is 4.53. The molecule has 0 unspecified atom stereocenters. The van der Waals surface area contributed by atoms with E-state index in [9.17, 15) is 0 Å². The summed E-state index contributed by atoms with van der Waals surface area (Å²) in [5.74, 6) is 0. The molecular formula is C10H16N2S. The lowest BCUT2D eigenvalue weighted by molar-refractivity contribution is 1.09. The molecule has 0 atom stereocenters. The minimum absolute atomic E-state index is 1.04. The van der Waals surface area contributed by atoms with Crippen LogP contribution in [-0.4, -0.2) is 19.1 Å². The Morgan fingerprint density at radius 1 is 1.46 bits per heavy atom. The third-order valence-corrected chi connectivity index (χ3v) is 3.02. The summed E-state index contributed by atoms with van der Waals surface area (Å²) in [6.45, 7) is 4.19. The van der Waals surface area contributed by atoms with Gasteiger partial charge in [-0.3, -0.25) is 0 Å². The lowest BCUT2D eigenvalue weighted by Crippen LogP contribution is -2.20. The summed E-state index contributed by atoms with van der Waals surface area (Å²) in [6, 6.07) is 0. The standard InChI is InChI=1S/C10H16N2S/c1-5-7-8-9(6-2)13-10(11-8)12(3)4/h6-7H,5H2,1-4H3/b8-7+,9-6+. The first-order chi connectivity index (χ1) is 6.19. The molecule has 0 aromatic carbocycles. The molecule has 13 heavy (non-hydrogen) atoms. The molecule has 0 aliphatic carbocycles. The molecule has 3 heteroatoms. The van der Waals surface area contributed by atoms with Crippen molar-refractivity contribution < 1.29 is 0 Å². The van der Waals surface area contributed by atoms with Crippen LogP contribution in [-0.2, 0) is 0 Å². The quantitative estimate of drug-likeness (QED) is 0.706. The molecule has 2 nitrogen and oxygen atoms in total. The Morgan fingerprint density at radius 2 is 2.15 bits per heavy atom. The van der Waals surface area contributed by atoms with Crippen LogP contribution in [0.25, 0.3) is 12.2 Å². The van der Waals surface area contributed by atoms with Crippen molar-refractivity contribution >= 4 is 28.6 Å². The molecule has 0 aliphatic heterocycles. The Morgan fingerprint density at radius 3 is 2.62 bits per heavy atom. The van der Waals surface area contributed by atoms with Gasteiger partial charge in [0.25, 0.3) is 0 Å². The summed E-state index contributed by atoms with van der Waals surface area (Å²) < 4.78 is 1.27. The molecule has 0 amide bonds. The molecule has 0 spiro atoms. The zero-order chi connectivity index (χ0) is 9.84. The van der Waals surface area contributed by atoms with Crippen LogP contribution in [0.3, 0.4) is 0 Å². The second kappa shape index (κ2) is 4.42. The smallest absolute Gasteiger partial charge is 0.185 e. The molecular weight excluding hydrogens is 180 g/mol. The first-order valence-electron chi connectivity index (χ1n) is 4.49. The van der Waals surface area contributed by atoms with Gasteiger partial charge >= 0.3 is 0 Å². The van der Waals surface area contributed by atoms with E-state index in [0.717, 1.165) is 16.9 Å². The molecule has 72 valence electrons. The van der Waals surface area contributed by atoms with Gasteiger partial charge in [-0.1, -0.05) is 30.4 Å². The van der Waals surface area contributed by atoms with Crippen LogP contribution in [0.5, 0.6) is 0 Å². The van der Waals surface area contributed by atoms with Gasteiger partial charge in [-0.2, -0.15) is 0 Å². The van der Waals surface area contributed by atoms with Gasteiger partial charge in [0.2, 0.25) is 0 Å². The molecule has 0 bridgehead atoms. The summed E-state index contributed by atoms with van der Waals surface area (Å²) in [5.41, 5.74) is 0. The van der Waals surface area contributed by atoms with Gasteiger partial charge in [0.15, 0.2) is 5.13 Å². The monoisotopic (exact) mass is 196 g/mol. The van der Waals surface area contributed by atoms with Gasteiger partial charge in [0.05, 0.1) is 9.88 Å². The van der Waals surface area contributed by atoms with Gasteiger partial charge in [-0.05, 0) is 13.3 Å². The number of anilines is 1. The van der Waals surface area contributed by atoms with Crippen molar-refractivity contribution in [3.63, 3.8) is 0 Å². The second-order valence-corrected chi connectivity index (χ2v) is 4.05. The molecule has 1 aromatic rings. The van der Waals surface area contributed by atoms with Crippen molar-refractivity contribution in [3.8, 4) is 0 Å². The molecule has 1 heterocycles. The van der Waals surface area contributed by atoms with E-state index in [2.05, 4.69) is 31.0 Å². The highest BCUT2D eigenvalue weighted by Crippen LogP contribution is 2.06. The molecule has 1 aromatic heterocycles. The van der Waals surface area contributed by atoms with Crippen LogP contribution >= 0.6 is 11.3 Å². The summed E-state index contributed by atoms with van der Waals surface area (Å²) >= 11 is 1.74. The third kappa shape index (κ3) is 2.31. The van der Waals surface area contributed by atoms with Gasteiger partial charge in [-0.15, -0.1) is 0 Å². The van der Waals surface area contributed by atoms with E-state index in [1.54, 1.807) is 11.3 Å². The van der Waals surface area contributed by atoms with E-state index in [-0.39, 0.29) is 0 Å². The average molecular weight is 196 g/mol. The predicted molar refractivity (Wildman–Crippen MR) is 60.6 cm³/mol.